The van der Waals surface area contributed by atoms with Crippen LogP contribution < -0.4 is 4.90 Å². The number of aryl methyl sites for hydroxylation is 3. The SMILES string of the molecule is Cc1cc(C)c(CC(=O)N(Cc2cccnc2)c2nc3c(F)cccc3s2)c(C)c1. The van der Waals surface area contributed by atoms with Crippen molar-refractivity contribution in [3.8, 4) is 0 Å². The average molecular weight is 420 g/mol. The van der Waals surface area contributed by atoms with Gasteiger partial charge in [-0.15, -0.1) is 0 Å². The lowest BCUT2D eigenvalue weighted by Crippen LogP contribution is -2.32. The standard InChI is InChI=1S/C24H22FN3OS/c1-15-10-16(2)19(17(3)11-15)12-22(29)28(14-18-6-5-9-26-13-18)24-27-23-20(25)7-4-8-21(23)30-24/h4-11,13H,12,14H2,1-3H3. The van der Waals surface area contributed by atoms with Gasteiger partial charge in [-0.25, -0.2) is 9.37 Å². The van der Waals surface area contributed by atoms with Gasteiger partial charge in [0.05, 0.1) is 17.7 Å². The topological polar surface area (TPSA) is 46.1 Å². The monoisotopic (exact) mass is 419 g/mol. The molecule has 4 aromatic rings. The van der Waals surface area contributed by atoms with E-state index in [0.717, 1.165) is 27.0 Å². The predicted molar refractivity (Wildman–Crippen MR) is 119 cm³/mol. The van der Waals surface area contributed by atoms with Crippen molar-refractivity contribution < 1.29 is 9.18 Å². The van der Waals surface area contributed by atoms with Gasteiger partial charge in [-0.2, -0.15) is 0 Å². The smallest absolute Gasteiger partial charge is 0.233 e. The highest BCUT2D eigenvalue weighted by Gasteiger charge is 2.22. The maximum absolute atomic E-state index is 14.2. The summed E-state index contributed by atoms with van der Waals surface area (Å²) in [5.41, 5.74) is 5.58. The summed E-state index contributed by atoms with van der Waals surface area (Å²) in [7, 11) is 0. The van der Waals surface area contributed by atoms with Gasteiger partial charge in [-0.1, -0.05) is 41.2 Å². The van der Waals surface area contributed by atoms with Crippen molar-refractivity contribution in [1.82, 2.24) is 9.97 Å². The normalized spacial score (nSPS) is 11.1. The van der Waals surface area contributed by atoms with E-state index in [1.165, 1.54) is 23.0 Å². The summed E-state index contributed by atoms with van der Waals surface area (Å²) in [5.74, 6) is -0.456. The minimum atomic E-state index is -0.381. The molecule has 0 unspecified atom stereocenters. The molecule has 0 N–H and O–H groups in total. The van der Waals surface area contributed by atoms with E-state index >= 15 is 0 Å². The molecule has 6 heteroatoms. The number of benzene rings is 2. The number of halogens is 1. The summed E-state index contributed by atoms with van der Waals surface area (Å²) >= 11 is 1.32. The van der Waals surface area contributed by atoms with Gasteiger partial charge >= 0.3 is 0 Å². The van der Waals surface area contributed by atoms with Crippen LogP contribution in [0.5, 0.6) is 0 Å². The summed E-state index contributed by atoms with van der Waals surface area (Å²) in [5, 5.41) is 0.492. The molecule has 4 nitrogen and oxygen atoms in total. The lowest BCUT2D eigenvalue weighted by atomic mass is 9.97. The van der Waals surface area contributed by atoms with E-state index in [2.05, 4.69) is 29.0 Å². The zero-order chi connectivity index (χ0) is 21.3. The van der Waals surface area contributed by atoms with Gasteiger partial charge < -0.3 is 0 Å². The van der Waals surface area contributed by atoms with Crippen LogP contribution in [-0.2, 0) is 17.8 Å². The average Bonchev–Trinajstić information content (AvgIpc) is 3.15. The number of fused-ring (bicyclic) bond motifs is 1. The summed E-state index contributed by atoms with van der Waals surface area (Å²) in [6.07, 6.45) is 3.69. The molecule has 0 spiro atoms. The van der Waals surface area contributed by atoms with E-state index < -0.39 is 0 Å². The molecule has 0 saturated carbocycles. The van der Waals surface area contributed by atoms with Gasteiger partial charge in [0.25, 0.3) is 0 Å². The molecule has 0 saturated heterocycles. The first-order chi connectivity index (χ1) is 14.4. The van der Waals surface area contributed by atoms with Gasteiger partial charge in [-0.05, 0) is 61.2 Å². The lowest BCUT2D eigenvalue weighted by molar-refractivity contribution is -0.118. The van der Waals surface area contributed by atoms with Crippen LogP contribution in [0.2, 0.25) is 0 Å². The van der Waals surface area contributed by atoms with Gasteiger partial charge in [0, 0.05) is 12.4 Å². The highest BCUT2D eigenvalue weighted by atomic mass is 32.1. The molecule has 30 heavy (non-hydrogen) atoms. The molecule has 0 aliphatic heterocycles. The molecule has 0 fully saturated rings. The summed E-state index contributed by atoms with van der Waals surface area (Å²) in [4.78, 5) is 23.7. The Morgan fingerprint density at radius 1 is 1.10 bits per heavy atom. The van der Waals surface area contributed by atoms with Crippen molar-refractivity contribution in [1.29, 1.82) is 0 Å². The van der Waals surface area contributed by atoms with Crippen molar-refractivity contribution in [2.75, 3.05) is 4.90 Å². The highest BCUT2D eigenvalue weighted by molar-refractivity contribution is 7.22. The van der Waals surface area contributed by atoms with Crippen LogP contribution in [0.15, 0.2) is 54.9 Å². The van der Waals surface area contributed by atoms with Crippen molar-refractivity contribution in [2.24, 2.45) is 0 Å². The van der Waals surface area contributed by atoms with Crippen molar-refractivity contribution in [2.45, 2.75) is 33.7 Å². The number of thiazole rings is 1. The Bertz CT molecular complexity index is 1200. The molecule has 1 amide bonds. The van der Waals surface area contributed by atoms with Crippen LogP contribution in [-0.4, -0.2) is 15.9 Å². The van der Waals surface area contributed by atoms with Crippen LogP contribution in [0, 0.1) is 26.6 Å². The van der Waals surface area contributed by atoms with E-state index in [1.807, 2.05) is 32.0 Å². The number of amides is 1. The molecule has 0 radical (unpaired) electrons. The van der Waals surface area contributed by atoms with Gasteiger partial charge in [0.1, 0.15) is 11.3 Å². The second kappa shape index (κ2) is 8.32. The fraction of sp³-hybridized carbons (Fsp3) is 0.208. The Kier molecular flexibility index (Phi) is 5.59. The number of carbonyl (C=O) groups excluding carboxylic acids is 1. The third-order valence-electron chi connectivity index (χ3n) is 5.12. The number of aromatic nitrogens is 2. The maximum atomic E-state index is 14.2. The number of hydrogen-bond donors (Lipinski definition) is 0. The minimum Gasteiger partial charge on any atom is -0.283 e. The maximum Gasteiger partial charge on any atom is 0.233 e. The Morgan fingerprint density at radius 2 is 1.87 bits per heavy atom. The molecular formula is C24H22FN3OS. The fourth-order valence-corrected chi connectivity index (χ4v) is 4.69. The number of para-hydroxylation sites is 1. The second-order valence-corrected chi connectivity index (χ2v) is 8.49. The van der Waals surface area contributed by atoms with Gasteiger partial charge in [-0.3, -0.25) is 14.7 Å². The summed E-state index contributed by atoms with van der Waals surface area (Å²) < 4.78 is 14.9. The van der Waals surface area contributed by atoms with Crippen LogP contribution in [0.3, 0.4) is 0 Å². The zero-order valence-electron chi connectivity index (χ0n) is 17.1. The Hall–Kier alpha value is -3.12. The minimum absolute atomic E-state index is 0.0756. The number of pyridine rings is 1. The molecule has 0 aliphatic rings. The first-order valence-corrected chi connectivity index (χ1v) is 10.5. The molecule has 152 valence electrons. The number of anilines is 1. The molecule has 2 heterocycles. The number of carbonyl (C=O) groups is 1. The van der Waals surface area contributed by atoms with E-state index in [9.17, 15) is 9.18 Å². The third kappa shape index (κ3) is 4.09. The van der Waals surface area contributed by atoms with E-state index in [0.29, 0.717) is 17.2 Å². The highest BCUT2D eigenvalue weighted by Crippen LogP contribution is 2.32. The quantitative estimate of drug-likeness (QED) is 0.427. The van der Waals surface area contributed by atoms with Crippen LogP contribution >= 0.6 is 11.3 Å². The molecule has 2 aromatic heterocycles. The fourth-order valence-electron chi connectivity index (χ4n) is 3.69. The van der Waals surface area contributed by atoms with Crippen molar-refractivity contribution >= 4 is 32.6 Å². The largest absolute Gasteiger partial charge is 0.283 e. The number of nitrogens with zero attached hydrogens (tertiary/aromatic N) is 3. The molecule has 2 aromatic carbocycles. The third-order valence-corrected chi connectivity index (χ3v) is 6.17. The molecular weight excluding hydrogens is 397 g/mol. The Labute approximate surface area is 179 Å². The number of rotatable bonds is 5. The Balaban J connectivity index is 1.73. The molecule has 0 bridgehead atoms. The second-order valence-electron chi connectivity index (χ2n) is 7.48. The van der Waals surface area contributed by atoms with E-state index in [4.69, 9.17) is 0 Å². The molecule has 0 atom stereocenters. The Morgan fingerprint density at radius 3 is 2.53 bits per heavy atom. The molecule has 0 aliphatic carbocycles. The first kappa shape index (κ1) is 20.2. The summed E-state index contributed by atoms with van der Waals surface area (Å²) in [6, 6.07) is 12.8. The van der Waals surface area contributed by atoms with Crippen molar-refractivity contribution in [3.05, 3.63) is 88.5 Å². The van der Waals surface area contributed by atoms with Crippen LogP contribution in [0.1, 0.15) is 27.8 Å². The van der Waals surface area contributed by atoms with Crippen molar-refractivity contribution in [3.63, 3.8) is 0 Å². The molecule has 4 rings (SSSR count). The zero-order valence-corrected chi connectivity index (χ0v) is 18.0. The predicted octanol–water partition coefficient (Wildman–Crippen LogP) is 5.53. The summed E-state index contributed by atoms with van der Waals surface area (Å²) in [6.45, 7) is 6.44. The first-order valence-electron chi connectivity index (χ1n) is 9.73. The van der Waals surface area contributed by atoms with E-state index in [-0.39, 0.29) is 18.1 Å². The van der Waals surface area contributed by atoms with Gasteiger partial charge in [0.2, 0.25) is 5.91 Å². The number of hydrogen-bond acceptors (Lipinski definition) is 4. The van der Waals surface area contributed by atoms with Gasteiger partial charge in [0.15, 0.2) is 5.13 Å². The van der Waals surface area contributed by atoms with Crippen LogP contribution in [0.25, 0.3) is 10.2 Å². The van der Waals surface area contributed by atoms with E-state index in [1.54, 1.807) is 23.4 Å². The van der Waals surface area contributed by atoms with Crippen LogP contribution in [0.4, 0.5) is 9.52 Å². The lowest BCUT2D eigenvalue weighted by Gasteiger charge is -2.21.